The van der Waals surface area contributed by atoms with Crippen molar-refractivity contribution in [1.82, 2.24) is 5.32 Å². The lowest BCUT2D eigenvalue weighted by Crippen LogP contribution is -2.45. The van der Waals surface area contributed by atoms with E-state index < -0.39 is 0 Å². The fourth-order valence-corrected chi connectivity index (χ4v) is 1.85. The van der Waals surface area contributed by atoms with Crippen LogP contribution in [0.15, 0.2) is 12.2 Å². The maximum atomic E-state index is 5.73. The van der Waals surface area contributed by atoms with Gasteiger partial charge in [-0.05, 0) is 25.7 Å². The maximum Gasteiger partial charge on any atom is 0.0672 e. The molecule has 0 bridgehead atoms. The van der Waals surface area contributed by atoms with Crippen LogP contribution < -0.4 is 11.1 Å². The fourth-order valence-electron chi connectivity index (χ4n) is 1.85. The first kappa shape index (κ1) is 12.7. The highest BCUT2D eigenvalue weighted by atomic mass is 16.5. The van der Waals surface area contributed by atoms with Gasteiger partial charge in [0.15, 0.2) is 0 Å². The van der Waals surface area contributed by atoms with Gasteiger partial charge in [-0.1, -0.05) is 18.6 Å². The van der Waals surface area contributed by atoms with Crippen molar-refractivity contribution in [1.29, 1.82) is 0 Å². The van der Waals surface area contributed by atoms with Crippen LogP contribution in [0.2, 0.25) is 0 Å². The number of rotatable bonds is 8. The Balaban J connectivity index is 1.99. The average Bonchev–Trinajstić information content (AvgIpc) is 2.12. The number of ether oxygens (including phenoxy) is 1. The van der Waals surface area contributed by atoms with Crippen LogP contribution in [-0.2, 0) is 4.74 Å². The second-order valence-electron chi connectivity index (χ2n) is 4.50. The number of nitrogens with two attached hydrogens (primary N) is 1. The van der Waals surface area contributed by atoms with Gasteiger partial charge in [0.1, 0.15) is 0 Å². The maximum absolute atomic E-state index is 5.73. The molecular weight excluding hydrogens is 188 g/mol. The Morgan fingerprint density at radius 3 is 2.80 bits per heavy atom. The van der Waals surface area contributed by atoms with Gasteiger partial charge >= 0.3 is 0 Å². The van der Waals surface area contributed by atoms with Gasteiger partial charge in [0.2, 0.25) is 0 Å². The molecule has 0 amide bonds. The van der Waals surface area contributed by atoms with Gasteiger partial charge in [-0.25, -0.2) is 0 Å². The van der Waals surface area contributed by atoms with Crippen molar-refractivity contribution in [2.24, 2.45) is 11.7 Å². The van der Waals surface area contributed by atoms with Crippen LogP contribution >= 0.6 is 0 Å². The summed E-state index contributed by atoms with van der Waals surface area (Å²) in [4.78, 5) is 0. The zero-order valence-electron chi connectivity index (χ0n) is 9.80. The van der Waals surface area contributed by atoms with Crippen molar-refractivity contribution in [3.05, 3.63) is 12.2 Å². The molecule has 3 N–H and O–H groups in total. The average molecular weight is 212 g/mol. The molecule has 0 spiro atoms. The highest BCUT2D eigenvalue weighted by Gasteiger charge is 2.25. The number of hydrogen-bond donors (Lipinski definition) is 2. The van der Waals surface area contributed by atoms with Crippen LogP contribution in [0.4, 0.5) is 0 Å². The van der Waals surface area contributed by atoms with E-state index in [1.54, 1.807) is 0 Å². The van der Waals surface area contributed by atoms with E-state index in [-0.39, 0.29) is 0 Å². The number of hydrogen-bond acceptors (Lipinski definition) is 3. The van der Waals surface area contributed by atoms with Crippen LogP contribution in [0.1, 0.15) is 26.2 Å². The second-order valence-corrected chi connectivity index (χ2v) is 4.50. The Morgan fingerprint density at radius 2 is 2.33 bits per heavy atom. The summed E-state index contributed by atoms with van der Waals surface area (Å²) in [5.74, 6) is 0.802. The van der Waals surface area contributed by atoms with Gasteiger partial charge in [0.05, 0.1) is 13.2 Å². The molecule has 3 heteroatoms. The monoisotopic (exact) mass is 212 g/mol. The van der Waals surface area contributed by atoms with Gasteiger partial charge in [-0.3, -0.25) is 0 Å². The molecule has 88 valence electrons. The standard InChI is InChI=1S/C12H24N2O/c1-10(2)9-15-7-6-14-12(8-13)11-4-3-5-11/h11-12,14H,1,3-9,13H2,2H3. The van der Waals surface area contributed by atoms with Crippen molar-refractivity contribution < 1.29 is 4.74 Å². The third kappa shape index (κ3) is 4.78. The second kappa shape index (κ2) is 6.99. The molecule has 1 atom stereocenters. The Kier molecular flexibility index (Phi) is 5.91. The van der Waals surface area contributed by atoms with Gasteiger partial charge in [0.25, 0.3) is 0 Å². The molecule has 1 rings (SSSR count). The van der Waals surface area contributed by atoms with E-state index in [1.165, 1.54) is 19.3 Å². The molecule has 0 aromatic rings. The molecule has 0 aromatic heterocycles. The van der Waals surface area contributed by atoms with E-state index >= 15 is 0 Å². The van der Waals surface area contributed by atoms with Crippen LogP contribution in [-0.4, -0.2) is 32.3 Å². The molecule has 0 heterocycles. The first-order valence-corrected chi connectivity index (χ1v) is 5.89. The molecule has 0 aliphatic heterocycles. The lowest BCUT2D eigenvalue weighted by Gasteiger charge is -2.33. The topological polar surface area (TPSA) is 47.3 Å². The molecule has 1 saturated carbocycles. The van der Waals surface area contributed by atoms with Crippen LogP contribution in [0.3, 0.4) is 0 Å². The molecule has 3 nitrogen and oxygen atoms in total. The smallest absolute Gasteiger partial charge is 0.0672 e. The van der Waals surface area contributed by atoms with E-state index in [4.69, 9.17) is 10.5 Å². The minimum Gasteiger partial charge on any atom is -0.376 e. The SMILES string of the molecule is C=C(C)COCCNC(CN)C1CCC1. The number of nitrogens with one attached hydrogen (secondary N) is 1. The van der Waals surface area contributed by atoms with Gasteiger partial charge in [-0.2, -0.15) is 0 Å². The molecular formula is C12H24N2O. The summed E-state index contributed by atoms with van der Waals surface area (Å²) < 4.78 is 5.42. The van der Waals surface area contributed by atoms with Crippen molar-refractivity contribution in [3.63, 3.8) is 0 Å². The molecule has 0 radical (unpaired) electrons. The normalized spacial score (nSPS) is 18.5. The highest BCUT2D eigenvalue weighted by Crippen LogP contribution is 2.28. The van der Waals surface area contributed by atoms with E-state index in [0.717, 1.165) is 31.2 Å². The highest BCUT2D eigenvalue weighted by molar-refractivity contribution is 4.87. The zero-order valence-corrected chi connectivity index (χ0v) is 9.80. The zero-order chi connectivity index (χ0) is 11.1. The molecule has 0 aromatic carbocycles. The summed E-state index contributed by atoms with van der Waals surface area (Å²) in [6.07, 6.45) is 4.04. The van der Waals surface area contributed by atoms with Gasteiger partial charge in [0, 0.05) is 19.1 Å². The Morgan fingerprint density at radius 1 is 1.60 bits per heavy atom. The lowest BCUT2D eigenvalue weighted by molar-refractivity contribution is 0.146. The summed E-state index contributed by atoms with van der Waals surface area (Å²) >= 11 is 0. The minimum atomic E-state index is 0.493. The fraction of sp³-hybridized carbons (Fsp3) is 0.833. The molecule has 1 aliphatic rings. The summed E-state index contributed by atoms with van der Waals surface area (Å²) in [5.41, 5.74) is 6.80. The molecule has 1 unspecified atom stereocenters. The van der Waals surface area contributed by atoms with E-state index in [1.807, 2.05) is 6.92 Å². The molecule has 0 saturated heterocycles. The summed E-state index contributed by atoms with van der Waals surface area (Å²) in [6, 6.07) is 0.493. The van der Waals surface area contributed by atoms with E-state index in [0.29, 0.717) is 12.6 Å². The first-order valence-electron chi connectivity index (χ1n) is 5.89. The van der Waals surface area contributed by atoms with Crippen molar-refractivity contribution in [2.45, 2.75) is 32.2 Å². The Labute approximate surface area is 93.1 Å². The predicted octanol–water partition coefficient (Wildman–Crippen LogP) is 1.30. The summed E-state index contributed by atoms with van der Waals surface area (Å²) in [7, 11) is 0. The lowest BCUT2D eigenvalue weighted by atomic mass is 9.80. The van der Waals surface area contributed by atoms with Crippen molar-refractivity contribution >= 4 is 0 Å². The Bertz CT molecular complexity index is 190. The van der Waals surface area contributed by atoms with Gasteiger partial charge < -0.3 is 15.8 Å². The molecule has 1 aliphatic carbocycles. The van der Waals surface area contributed by atoms with Crippen molar-refractivity contribution in [3.8, 4) is 0 Å². The third-order valence-electron chi connectivity index (χ3n) is 2.97. The van der Waals surface area contributed by atoms with E-state index in [2.05, 4.69) is 11.9 Å². The van der Waals surface area contributed by atoms with Crippen LogP contribution in [0.25, 0.3) is 0 Å². The van der Waals surface area contributed by atoms with Gasteiger partial charge in [-0.15, -0.1) is 0 Å². The first-order chi connectivity index (χ1) is 7.24. The third-order valence-corrected chi connectivity index (χ3v) is 2.97. The summed E-state index contributed by atoms with van der Waals surface area (Å²) in [5, 5.41) is 3.47. The minimum absolute atomic E-state index is 0.493. The van der Waals surface area contributed by atoms with E-state index in [9.17, 15) is 0 Å². The molecule has 15 heavy (non-hydrogen) atoms. The predicted molar refractivity (Wildman–Crippen MR) is 63.8 cm³/mol. The van der Waals surface area contributed by atoms with Crippen LogP contribution in [0.5, 0.6) is 0 Å². The largest absolute Gasteiger partial charge is 0.376 e. The quantitative estimate of drug-likeness (QED) is 0.471. The summed E-state index contributed by atoms with van der Waals surface area (Å²) in [6.45, 7) is 8.81. The van der Waals surface area contributed by atoms with Crippen LogP contribution in [0, 0.1) is 5.92 Å². The Hall–Kier alpha value is -0.380. The molecule has 1 fully saturated rings. The van der Waals surface area contributed by atoms with Crippen molar-refractivity contribution in [2.75, 3.05) is 26.3 Å².